The van der Waals surface area contributed by atoms with Gasteiger partial charge in [-0.15, -0.1) is 24.0 Å². The molecule has 0 aliphatic carbocycles. The van der Waals surface area contributed by atoms with E-state index >= 15 is 0 Å². The zero-order valence-corrected chi connectivity index (χ0v) is 19.1. The maximum absolute atomic E-state index is 12.5. The number of ether oxygens (including phenoxy) is 1. The molecule has 0 spiro atoms. The van der Waals surface area contributed by atoms with Gasteiger partial charge in [0.15, 0.2) is 5.96 Å². The first-order valence-electron chi connectivity index (χ1n) is 9.78. The van der Waals surface area contributed by atoms with E-state index in [4.69, 9.17) is 0 Å². The van der Waals surface area contributed by atoms with E-state index in [1.54, 1.807) is 31.3 Å². The van der Waals surface area contributed by atoms with Crippen LogP contribution in [0.1, 0.15) is 38.2 Å². The van der Waals surface area contributed by atoms with Crippen molar-refractivity contribution < 1.29 is 13.5 Å². The van der Waals surface area contributed by atoms with Crippen LogP contribution in [0.3, 0.4) is 0 Å². The van der Waals surface area contributed by atoms with Crippen molar-refractivity contribution in [2.24, 2.45) is 10.9 Å². The number of unbranched alkanes of at least 4 members (excludes halogenated alkanes) is 1. The normalized spacial score (nSPS) is 17.9. The zero-order chi connectivity index (χ0) is 19.5. The molecule has 2 N–H and O–H groups in total. The molecule has 0 aromatic heterocycles. The maximum atomic E-state index is 12.5. The summed E-state index contributed by atoms with van der Waals surface area (Å²) >= 11 is 0. The van der Waals surface area contributed by atoms with Crippen LogP contribution in [0.5, 0.6) is 5.75 Å². The van der Waals surface area contributed by atoms with Crippen LogP contribution in [0.25, 0.3) is 0 Å². The Morgan fingerprint density at radius 3 is 2.79 bits per heavy atom. The summed E-state index contributed by atoms with van der Waals surface area (Å²) in [5, 5.41) is 6.43. The minimum Gasteiger partial charge on any atom is -0.434 e. The summed E-state index contributed by atoms with van der Waals surface area (Å²) in [7, 11) is 1.70. The van der Waals surface area contributed by atoms with Crippen LogP contribution >= 0.6 is 24.0 Å². The van der Waals surface area contributed by atoms with Gasteiger partial charge in [-0.1, -0.05) is 25.1 Å². The Morgan fingerprint density at radius 1 is 1.29 bits per heavy atom. The van der Waals surface area contributed by atoms with E-state index in [-0.39, 0.29) is 29.7 Å². The standard InChI is InChI=1S/C20H32F2N4O.HI/c1-16-8-7-13-26(15-16)12-6-5-11-24-20(23-2)25-14-17-9-3-4-10-18(17)27-19(21)22;/h3-4,9-10,16,19H,5-8,11-15H2,1-2H3,(H2,23,24,25);1H. The third-order valence-corrected chi connectivity index (χ3v) is 4.79. The molecule has 0 amide bonds. The van der Waals surface area contributed by atoms with Crippen molar-refractivity contribution in [1.82, 2.24) is 15.5 Å². The quantitative estimate of drug-likeness (QED) is 0.228. The monoisotopic (exact) mass is 510 g/mol. The number of aliphatic imine (C=N–C) groups is 1. The van der Waals surface area contributed by atoms with Gasteiger partial charge in [-0.25, -0.2) is 0 Å². The molecule has 28 heavy (non-hydrogen) atoms. The second kappa shape index (κ2) is 13.9. The molecule has 0 bridgehead atoms. The molecule has 1 atom stereocenters. The van der Waals surface area contributed by atoms with Gasteiger partial charge in [-0.2, -0.15) is 8.78 Å². The van der Waals surface area contributed by atoms with Gasteiger partial charge < -0.3 is 20.3 Å². The molecule has 0 saturated carbocycles. The molecule has 0 radical (unpaired) electrons. The molecule has 1 aromatic carbocycles. The molecule has 5 nitrogen and oxygen atoms in total. The van der Waals surface area contributed by atoms with Crippen molar-refractivity contribution in [1.29, 1.82) is 0 Å². The third-order valence-electron chi connectivity index (χ3n) is 4.79. The average molecular weight is 510 g/mol. The highest BCUT2D eigenvalue weighted by Crippen LogP contribution is 2.20. The highest BCUT2D eigenvalue weighted by molar-refractivity contribution is 14.0. The van der Waals surface area contributed by atoms with Gasteiger partial charge in [0.2, 0.25) is 0 Å². The summed E-state index contributed by atoms with van der Waals surface area (Å²) in [5.41, 5.74) is 0.667. The minimum absolute atomic E-state index is 0. The van der Waals surface area contributed by atoms with Crippen molar-refractivity contribution in [3.8, 4) is 5.75 Å². The van der Waals surface area contributed by atoms with E-state index in [1.807, 2.05) is 0 Å². The van der Waals surface area contributed by atoms with E-state index < -0.39 is 6.61 Å². The van der Waals surface area contributed by atoms with Crippen LogP contribution in [0.4, 0.5) is 8.78 Å². The number of guanidine groups is 1. The number of rotatable bonds is 9. The lowest BCUT2D eigenvalue weighted by Crippen LogP contribution is -2.38. The largest absolute Gasteiger partial charge is 0.434 e. The van der Waals surface area contributed by atoms with Crippen molar-refractivity contribution in [3.63, 3.8) is 0 Å². The van der Waals surface area contributed by atoms with Crippen LogP contribution in [0, 0.1) is 5.92 Å². The summed E-state index contributed by atoms with van der Waals surface area (Å²) in [6.45, 7) is 4.29. The molecule has 1 saturated heterocycles. The molecule has 1 fully saturated rings. The molecular weight excluding hydrogens is 477 g/mol. The molecule has 1 heterocycles. The van der Waals surface area contributed by atoms with Gasteiger partial charge in [0, 0.05) is 32.2 Å². The second-order valence-corrected chi connectivity index (χ2v) is 7.09. The van der Waals surface area contributed by atoms with Crippen LogP contribution in [0.15, 0.2) is 29.3 Å². The van der Waals surface area contributed by atoms with Crippen molar-refractivity contribution >= 4 is 29.9 Å². The van der Waals surface area contributed by atoms with Gasteiger partial charge in [0.25, 0.3) is 0 Å². The first-order chi connectivity index (χ1) is 13.1. The molecule has 1 unspecified atom stereocenters. The predicted molar refractivity (Wildman–Crippen MR) is 121 cm³/mol. The number of para-hydroxylation sites is 1. The minimum atomic E-state index is -2.83. The van der Waals surface area contributed by atoms with E-state index in [9.17, 15) is 8.78 Å². The molecule has 1 aliphatic rings. The van der Waals surface area contributed by atoms with E-state index in [0.717, 1.165) is 31.8 Å². The Morgan fingerprint density at radius 2 is 2.07 bits per heavy atom. The molecule has 8 heteroatoms. The van der Waals surface area contributed by atoms with Crippen LogP contribution in [-0.4, -0.2) is 50.7 Å². The number of hydrogen-bond acceptors (Lipinski definition) is 3. The highest BCUT2D eigenvalue weighted by atomic mass is 127. The number of nitrogens with one attached hydrogen (secondary N) is 2. The number of piperidine rings is 1. The van der Waals surface area contributed by atoms with Gasteiger partial charge >= 0.3 is 6.61 Å². The van der Waals surface area contributed by atoms with E-state index in [1.165, 1.54) is 25.9 Å². The van der Waals surface area contributed by atoms with Gasteiger partial charge in [0.1, 0.15) is 5.75 Å². The lowest BCUT2D eigenvalue weighted by molar-refractivity contribution is -0.0504. The number of nitrogens with zero attached hydrogens (tertiary/aromatic N) is 2. The number of halogens is 3. The fourth-order valence-corrected chi connectivity index (χ4v) is 3.42. The van der Waals surface area contributed by atoms with Crippen molar-refractivity contribution in [2.45, 2.75) is 45.8 Å². The summed E-state index contributed by atoms with van der Waals surface area (Å²) in [6, 6.07) is 6.78. The molecule has 1 aliphatic heterocycles. The highest BCUT2D eigenvalue weighted by Gasteiger charge is 2.15. The smallest absolute Gasteiger partial charge is 0.387 e. The van der Waals surface area contributed by atoms with Crippen LogP contribution in [-0.2, 0) is 6.54 Å². The molecular formula is C20H33F2IN4O. The summed E-state index contributed by atoms with van der Waals surface area (Å²) < 4.78 is 29.5. The summed E-state index contributed by atoms with van der Waals surface area (Å²) in [5.74, 6) is 1.66. The van der Waals surface area contributed by atoms with E-state index in [2.05, 4.69) is 32.2 Å². The van der Waals surface area contributed by atoms with Gasteiger partial charge in [0.05, 0.1) is 0 Å². The number of alkyl halides is 2. The van der Waals surface area contributed by atoms with Crippen molar-refractivity contribution in [3.05, 3.63) is 29.8 Å². The fourth-order valence-electron chi connectivity index (χ4n) is 3.42. The first-order valence-corrected chi connectivity index (χ1v) is 9.78. The average Bonchev–Trinajstić information content (AvgIpc) is 2.64. The summed E-state index contributed by atoms with van der Waals surface area (Å²) in [4.78, 5) is 6.74. The van der Waals surface area contributed by atoms with Crippen molar-refractivity contribution in [2.75, 3.05) is 33.2 Å². The fraction of sp³-hybridized carbons (Fsp3) is 0.650. The van der Waals surface area contributed by atoms with E-state index in [0.29, 0.717) is 18.1 Å². The zero-order valence-electron chi connectivity index (χ0n) is 16.8. The predicted octanol–water partition coefficient (Wildman–Crippen LogP) is 4.08. The second-order valence-electron chi connectivity index (χ2n) is 7.09. The van der Waals surface area contributed by atoms with Crippen LogP contribution in [0.2, 0.25) is 0 Å². The first kappa shape index (κ1) is 24.9. The SMILES string of the molecule is CN=C(NCCCCN1CCCC(C)C1)NCc1ccccc1OC(F)F.I. The Balaban J connectivity index is 0.00000392. The maximum Gasteiger partial charge on any atom is 0.387 e. The topological polar surface area (TPSA) is 48.9 Å². The third kappa shape index (κ3) is 9.36. The van der Waals surface area contributed by atoms with Gasteiger partial charge in [-0.3, -0.25) is 4.99 Å². The molecule has 1 aromatic rings. The number of hydrogen-bond donors (Lipinski definition) is 2. The number of benzene rings is 1. The molecule has 2 rings (SSSR count). The number of likely N-dealkylation sites (tertiary alicyclic amines) is 1. The Bertz CT molecular complexity index is 589. The summed E-state index contributed by atoms with van der Waals surface area (Å²) in [6.07, 6.45) is 4.89. The van der Waals surface area contributed by atoms with Gasteiger partial charge in [-0.05, 0) is 50.8 Å². The molecule has 160 valence electrons. The Labute approximate surface area is 184 Å². The Kier molecular flexibility index (Phi) is 12.4. The lowest BCUT2D eigenvalue weighted by atomic mass is 10.0. The lowest BCUT2D eigenvalue weighted by Gasteiger charge is -2.30. The Hall–Kier alpha value is -1.16. The van der Waals surface area contributed by atoms with Crippen LogP contribution < -0.4 is 15.4 Å².